The summed E-state index contributed by atoms with van der Waals surface area (Å²) in [7, 11) is 1.90. The Morgan fingerprint density at radius 3 is 2.68 bits per heavy atom. The van der Waals surface area contributed by atoms with E-state index in [2.05, 4.69) is 15.5 Å². The summed E-state index contributed by atoms with van der Waals surface area (Å²) in [6.45, 7) is 2.93. The molecule has 0 saturated heterocycles. The van der Waals surface area contributed by atoms with E-state index in [1.807, 2.05) is 24.9 Å². The molecule has 0 aromatic carbocycles. The Labute approximate surface area is 110 Å². The normalized spacial score (nSPS) is 11.4. The van der Waals surface area contributed by atoms with Crippen molar-refractivity contribution in [2.45, 2.75) is 33.0 Å². The first kappa shape index (κ1) is 13.7. The standard InChI is InChI=1S/C12H17F2N5/c1-9-11(6-16-18(9)2)5-15-3-10-4-17-19(7-10)8-12(13)14/h4,6-7,12,15H,3,5,8H2,1-2H3. The van der Waals surface area contributed by atoms with Crippen molar-refractivity contribution < 1.29 is 8.78 Å². The summed E-state index contributed by atoms with van der Waals surface area (Å²) in [6.07, 6.45) is 2.68. The molecule has 0 bridgehead atoms. The van der Waals surface area contributed by atoms with Crippen LogP contribution >= 0.6 is 0 Å². The van der Waals surface area contributed by atoms with E-state index < -0.39 is 6.43 Å². The zero-order chi connectivity index (χ0) is 13.8. The van der Waals surface area contributed by atoms with Crippen molar-refractivity contribution in [1.29, 1.82) is 0 Å². The number of aryl methyl sites for hydroxylation is 1. The highest BCUT2D eigenvalue weighted by atomic mass is 19.3. The SMILES string of the molecule is Cc1c(CNCc2cnn(CC(F)F)c2)cnn1C. The van der Waals surface area contributed by atoms with Gasteiger partial charge in [0, 0.05) is 43.2 Å². The third-order valence-corrected chi connectivity index (χ3v) is 2.99. The number of rotatable bonds is 6. The van der Waals surface area contributed by atoms with E-state index in [1.54, 1.807) is 12.4 Å². The van der Waals surface area contributed by atoms with Gasteiger partial charge in [-0.15, -0.1) is 0 Å². The summed E-state index contributed by atoms with van der Waals surface area (Å²) < 4.78 is 27.4. The van der Waals surface area contributed by atoms with Crippen molar-refractivity contribution in [2.75, 3.05) is 0 Å². The predicted octanol–water partition coefficient (Wildman–Crippen LogP) is 1.48. The second-order valence-corrected chi connectivity index (χ2v) is 4.44. The highest BCUT2D eigenvalue weighted by Crippen LogP contribution is 2.06. The highest BCUT2D eigenvalue weighted by molar-refractivity contribution is 5.15. The Morgan fingerprint density at radius 1 is 1.26 bits per heavy atom. The first-order valence-electron chi connectivity index (χ1n) is 6.04. The zero-order valence-electron chi connectivity index (χ0n) is 11.0. The lowest BCUT2D eigenvalue weighted by Gasteiger charge is -2.03. The second kappa shape index (κ2) is 5.92. The molecular weight excluding hydrogens is 252 g/mol. The van der Waals surface area contributed by atoms with Gasteiger partial charge in [-0.3, -0.25) is 9.36 Å². The Bertz CT molecular complexity index is 532. The van der Waals surface area contributed by atoms with Crippen molar-refractivity contribution in [3.8, 4) is 0 Å². The van der Waals surface area contributed by atoms with Gasteiger partial charge >= 0.3 is 0 Å². The van der Waals surface area contributed by atoms with Crippen LogP contribution in [0.4, 0.5) is 8.78 Å². The first-order chi connectivity index (χ1) is 9.06. The van der Waals surface area contributed by atoms with Crippen LogP contribution < -0.4 is 5.32 Å². The van der Waals surface area contributed by atoms with E-state index >= 15 is 0 Å². The van der Waals surface area contributed by atoms with Gasteiger partial charge in [-0.2, -0.15) is 10.2 Å². The van der Waals surface area contributed by atoms with Crippen LogP contribution in [0, 0.1) is 6.92 Å². The largest absolute Gasteiger partial charge is 0.308 e. The number of aromatic nitrogens is 4. The molecule has 0 radical (unpaired) electrons. The van der Waals surface area contributed by atoms with Crippen LogP contribution in [0.15, 0.2) is 18.6 Å². The molecule has 2 aromatic rings. The fraction of sp³-hybridized carbons (Fsp3) is 0.500. The zero-order valence-corrected chi connectivity index (χ0v) is 11.0. The Kier molecular flexibility index (Phi) is 4.26. The van der Waals surface area contributed by atoms with Crippen LogP contribution in [-0.4, -0.2) is 26.0 Å². The number of nitrogens with one attached hydrogen (secondary N) is 1. The summed E-state index contributed by atoms with van der Waals surface area (Å²) in [5.41, 5.74) is 3.13. The van der Waals surface area contributed by atoms with Crippen molar-refractivity contribution in [3.63, 3.8) is 0 Å². The summed E-state index contributed by atoms with van der Waals surface area (Å²) in [6, 6.07) is 0. The molecule has 0 amide bonds. The van der Waals surface area contributed by atoms with Crippen LogP contribution in [0.25, 0.3) is 0 Å². The van der Waals surface area contributed by atoms with Crippen molar-refractivity contribution in [2.24, 2.45) is 7.05 Å². The number of hydrogen-bond acceptors (Lipinski definition) is 3. The van der Waals surface area contributed by atoms with Crippen molar-refractivity contribution in [3.05, 3.63) is 35.4 Å². The average molecular weight is 269 g/mol. The van der Waals surface area contributed by atoms with Gasteiger partial charge in [-0.1, -0.05) is 0 Å². The van der Waals surface area contributed by atoms with Gasteiger partial charge in [0.15, 0.2) is 0 Å². The molecule has 0 saturated carbocycles. The molecule has 2 rings (SSSR count). The minimum Gasteiger partial charge on any atom is -0.308 e. The van der Waals surface area contributed by atoms with Gasteiger partial charge in [0.1, 0.15) is 6.54 Å². The maximum Gasteiger partial charge on any atom is 0.257 e. The summed E-state index contributed by atoms with van der Waals surface area (Å²) in [5.74, 6) is 0. The van der Waals surface area contributed by atoms with E-state index in [-0.39, 0.29) is 6.54 Å². The third-order valence-electron chi connectivity index (χ3n) is 2.99. The monoisotopic (exact) mass is 269 g/mol. The molecule has 0 aliphatic rings. The quantitative estimate of drug-likeness (QED) is 0.864. The lowest BCUT2D eigenvalue weighted by molar-refractivity contribution is 0.122. The third kappa shape index (κ3) is 3.60. The first-order valence-corrected chi connectivity index (χ1v) is 6.04. The molecule has 0 aliphatic carbocycles. The van der Waals surface area contributed by atoms with Crippen molar-refractivity contribution in [1.82, 2.24) is 24.9 Å². The van der Waals surface area contributed by atoms with E-state index in [9.17, 15) is 8.78 Å². The maximum atomic E-state index is 12.2. The topological polar surface area (TPSA) is 47.7 Å². The number of halogens is 2. The molecule has 0 fully saturated rings. The Balaban J connectivity index is 1.82. The van der Waals surface area contributed by atoms with E-state index in [4.69, 9.17) is 0 Å². The van der Waals surface area contributed by atoms with Crippen LogP contribution in [0.3, 0.4) is 0 Å². The van der Waals surface area contributed by atoms with Gasteiger partial charge < -0.3 is 5.32 Å². The minimum absolute atomic E-state index is 0.359. The number of nitrogens with zero attached hydrogens (tertiary/aromatic N) is 4. The molecule has 0 aliphatic heterocycles. The fourth-order valence-electron chi connectivity index (χ4n) is 1.80. The van der Waals surface area contributed by atoms with Gasteiger partial charge in [0.2, 0.25) is 0 Å². The molecular formula is C12H17F2N5. The van der Waals surface area contributed by atoms with E-state index in [0.29, 0.717) is 13.1 Å². The fourth-order valence-corrected chi connectivity index (χ4v) is 1.80. The molecule has 2 aromatic heterocycles. The van der Waals surface area contributed by atoms with Crippen molar-refractivity contribution >= 4 is 0 Å². The van der Waals surface area contributed by atoms with Crippen LogP contribution in [0.1, 0.15) is 16.8 Å². The molecule has 19 heavy (non-hydrogen) atoms. The molecule has 0 atom stereocenters. The highest BCUT2D eigenvalue weighted by Gasteiger charge is 2.06. The van der Waals surface area contributed by atoms with Gasteiger partial charge in [0.05, 0.1) is 12.4 Å². The summed E-state index contributed by atoms with van der Waals surface area (Å²) >= 11 is 0. The molecule has 1 N–H and O–H groups in total. The van der Waals surface area contributed by atoms with E-state index in [0.717, 1.165) is 16.8 Å². The summed E-state index contributed by atoms with van der Waals surface area (Å²) in [5, 5.41) is 11.3. The summed E-state index contributed by atoms with van der Waals surface area (Å²) in [4.78, 5) is 0. The Morgan fingerprint density at radius 2 is 2.05 bits per heavy atom. The molecule has 104 valence electrons. The molecule has 0 spiro atoms. The second-order valence-electron chi connectivity index (χ2n) is 4.44. The predicted molar refractivity (Wildman–Crippen MR) is 66.7 cm³/mol. The Hall–Kier alpha value is -1.76. The van der Waals surface area contributed by atoms with Crippen LogP contribution in [0.2, 0.25) is 0 Å². The van der Waals surface area contributed by atoms with E-state index in [1.165, 1.54) is 4.68 Å². The van der Waals surface area contributed by atoms with Crippen LogP contribution in [0.5, 0.6) is 0 Å². The van der Waals surface area contributed by atoms with Crippen LogP contribution in [-0.2, 0) is 26.7 Å². The minimum atomic E-state index is -2.38. The van der Waals surface area contributed by atoms with Gasteiger partial charge in [-0.25, -0.2) is 8.78 Å². The number of hydrogen-bond donors (Lipinski definition) is 1. The van der Waals surface area contributed by atoms with Gasteiger partial charge in [0.25, 0.3) is 6.43 Å². The molecule has 2 heterocycles. The molecule has 7 heteroatoms. The lowest BCUT2D eigenvalue weighted by atomic mass is 10.2. The molecule has 0 unspecified atom stereocenters. The smallest absolute Gasteiger partial charge is 0.257 e. The lowest BCUT2D eigenvalue weighted by Crippen LogP contribution is -2.13. The molecule has 5 nitrogen and oxygen atoms in total. The maximum absolute atomic E-state index is 12.2. The number of alkyl halides is 2. The average Bonchev–Trinajstić information content (AvgIpc) is 2.90. The van der Waals surface area contributed by atoms with Gasteiger partial charge in [-0.05, 0) is 6.92 Å².